The molecule has 0 aliphatic rings. The van der Waals surface area contributed by atoms with Crippen LogP contribution in [-0.2, 0) is 19.3 Å². The summed E-state index contributed by atoms with van der Waals surface area (Å²) < 4.78 is 39.1. The highest BCUT2D eigenvalue weighted by Crippen LogP contribution is 2.32. The molecule has 0 fully saturated rings. The Morgan fingerprint density at radius 2 is 1.94 bits per heavy atom. The fourth-order valence-corrected chi connectivity index (χ4v) is 1.36. The maximum absolute atomic E-state index is 12.8. The summed E-state index contributed by atoms with van der Waals surface area (Å²) in [6.07, 6.45) is -4.55. The Kier molecular flexibility index (Phi) is 3.78. The van der Waals surface area contributed by atoms with Crippen molar-refractivity contribution in [3.63, 3.8) is 0 Å². The monoisotopic (exact) mass is 252 g/mol. The third-order valence-electron chi connectivity index (χ3n) is 2.27. The van der Waals surface area contributed by atoms with Gasteiger partial charge in [0.05, 0.1) is 6.54 Å². The molecule has 3 N–H and O–H groups in total. The minimum Gasteiger partial charge on any atom is -0.396 e. The van der Waals surface area contributed by atoms with Crippen LogP contribution in [0.3, 0.4) is 0 Å². The summed E-state index contributed by atoms with van der Waals surface area (Å²) >= 11 is 0. The predicted octanol–water partition coefficient (Wildman–Crippen LogP) is 0.774. The van der Waals surface area contributed by atoms with Crippen LogP contribution in [0.4, 0.5) is 13.2 Å². The van der Waals surface area contributed by atoms with Gasteiger partial charge in [-0.1, -0.05) is 19.1 Å². The Morgan fingerprint density at radius 1 is 1.35 bits per heavy atom. The van der Waals surface area contributed by atoms with E-state index in [1.54, 1.807) is 13.8 Å². The third kappa shape index (κ3) is 3.16. The number of hydrogen-bond donors (Lipinski definition) is 2. The Morgan fingerprint density at radius 3 is 2.35 bits per heavy atom. The molecule has 17 heavy (non-hydrogen) atoms. The molecule has 1 rings (SSSR count). The van der Waals surface area contributed by atoms with Crippen LogP contribution in [0.1, 0.15) is 25.2 Å². The quantitative estimate of drug-likeness (QED) is 0.830. The lowest BCUT2D eigenvalue weighted by atomic mass is 9.95. The molecule has 1 aromatic rings. The van der Waals surface area contributed by atoms with Gasteiger partial charge in [-0.05, 0) is 0 Å². The first-order valence-corrected chi connectivity index (χ1v) is 5.02. The molecule has 0 aliphatic carbocycles. The first-order valence-electron chi connectivity index (χ1n) is 5.02. The highest BCUT2D eigenvalue weighted by Gasteiger charge is 2.39. The first-order chi connectivity index (χ1) is 7.71. The van der Waals surface area contributed by atoms with Crippen molar-refractivity contribution in [2.75, 3.05) is 6.61 Å². The van der Waals surface area contributed by atoms with Crippen LogP contribution >= 0.6 is 0 Å². The number of rotatable bonds is 4. The van der Waals surface area contributed by atoms with Gasteiger partial charge in [0.25, 0.3) is 0 Å². The van der Waals surface area contributed by atoms with E-state index in [1.807, 2.05) is 0 Å². The SMILES string of the molecule is CC(C)(CO)Cn1nnc(CN)c1C(F)(F)F. The Bertz CT molecular complexity index is 386. The molecule has 1 heterocycles. The summed E-state index contributed by atoms with van der Waals surface area (Å²) in [5, 5.41) is 15.9. The predicted molar refractivity (Wildman–Crippen MR) is 53.8 cm³/mol. The van der Waals surface area contributed by atoms with Crippen LogP contribution in [0.2, 0.25) is 0 Å². The second-order valence-electron chi connectivity index (χ2n) is 4.57. The van der Waals surface area contributed by atoms with Gasteiger partial charge in [-0.25, -0.2) is 4.68 Å². The van der Waals surface area contributed by atoms with Gasteiger partial charge in [0.15, 0.2) is 5.69 Å². The maximum Gasteiger partial charge on any atom is 0.434 e. The van der Waals surface area contributed by atoms with Gasteiger partial charge >= 0.3 is 6.18 Å². The van der Waals surface area contributed by atoms with Crippen LogP contribution in [0.5, 0.6) is 0 Å². The van der Waals surface area contributed by atoms with Gasteiger partial charge in [0, 0.05) is 18.6 Å². The smallest absolute Gasteiger partial charge is 0.396 e. The summed E-state index contributed by atoms with van der Waals surface area (Å²) in [7, 11) is 0. The second-order valence-corrected chi connectivity index (χ2v) is 4.57. The molecule has 1 aromatic heterocycles. The molecule has 5 nitrogen and oxygen atoms in total. The van der Waals surface area contributed by atoms with E-state index >= 15 is 0 Å². The highest BCUT2D eigenvalue weighted by molar-refractivity contribution is 5.13. The number of halogens is 3. The molecule has 0 aromatic carbocycles. The van der Waals surface area contributed by atoms with Crippen molar-refractivity contribution < 1.29 is 18.3 Å². The number of nitrogens with two attached hydrogens (primary N) is 1. The van der Waals surface area contributed by atoms with Crippen LogP contribution in [-0.4, -0.2) is 26.7 Å². The third-order valence-corrected chi connectivity index (χ3v) is 2.27. The first kappa shape index (κ1) is 13.9. The zero-order valence-electron chi connectivity index (χ0n) is 9.62. The van der Waals surface area contributed by atoms with Gasteiger partial charge in [-0.15, -0.1) is 5.10 Å². The van der Waals surface area contributed by atoms with Gasteiger partial charge in [-0.3, -0.25) is 0 Å². The summed E-state index contributed by atoms with van der Waals surface area (Å²) in [5.74, 6) is 0. The molecule has 0 unspecified atom stereocenters. The summed E-state index contributed by atoms with van der Waals surface area (Å²) in [5.41, 5.74) is 3.25. The Labute approximate surface area is 96.4 Å². The van der Waals surface area contributed by atoms with Crippen molar-refractivity contribution in [2.45, 2.75) is 33.1 Å². The Balaban J connectivity index is 3.13. The van der Waals surface area contributed by atoms with Crippen LogP contribution < -0.4 is 5.73 Å². The molecule has 0 atom stereocenters. The lowest BCUT2D eigenvalue weighted by Crippen LogP contribution is -2.28. The van der Waals surface area contributed by atoms with E-state index in [2.05, 4.69) is 10.3 Å². The molecule has 0 radical (unpaired) electrons. The van der Waals surface area contributed by atoms with Gasteiger partial charge < -0.3 is 10.8 Å². The summed E-state index contributed by atoms with van der Waals surface area (Å²) in [4.78, 5) is 0. The second kappa shape index (κ2) is 4.61. The number of aliphatic hydroxyl groups excluding tert-OH is 1. The number of nitrogens with zero attached hydrogens (tertiary/aromatic N) is 3. The fraction of sp³-hybridized carbons (Fsp3) is 0.778. The van der Waals surface area contributed by atoms with E-state index in [0.29, 0.717) is 0 Å². The van der Waals surface area contributed by atoms with Crippen molar-refractivity contribution in [2.24, 2.45) is 11.1 Å². The Hall–Kier alpha value is -1.15. The molecule has 0 saturated heterocycles. The van der Waals surface area contributed by atoms with Crippen molar-refractivity contribution in [1.29, 1.82) is 0 Å². The van der Waals surface area contributed by atoms with E-state index in [9.17, 15) is 13.2 Å². The normalized spacial score (nSPS) is 13.1. The number of aliphatic hydroxyl groups is 1. The zero-order valence-corrected chi connectivity index (χ0v) is 9.62. The topological polar surface area (TPSA) is 77.0 Å². The summed E-state index contributed by atoms with van der Waals surface area (Å²) in [6, 6.07) is 0. The van der Waals surface area contributed by atoms with Crippen molar-refractivity contribution >= 4 is 0 Å². The molecular formula is C9H15F3N4O. The standard InChI is InChI=1S/C9H15F3N4O/c1-8(2,5-17)4-16-7(9(10,11)12)6(3-13)14-15-16/h17H,3-5,13H2,1-2H3. The number of alkyl halides is 3. The van der Waals surface area contributed by atoms with Crippen molar-refractivity contribution in [1.82, 2.24) is 15.0 Å². The molecule has 8 heteroatoms. The highest BCUT2D eigenvalue weighted by atomic mass is 19.4. The largest absolute Gasteiger partial charge is 0.434 e. The minimum atomic E-state index is -4.55. The average Bonchev–Trinajstić information content (AvgIpc) is 2.59. The molecule has 98 valence electrons. The molecule has 0 aliphatic heterocycles. The van der Waals surface area contributed by atoms with Gasteiger partial charge in [0.1, 0.15) is 5.69 Å². The molecule has 0 bridgehead atoms. The van der Waals surface area contributed by atoms with Crippen LogP contribution in [0, 0.1) is 5.41 Å². The molecule has 0 spiro atoms. The fourth-order valence-electron chi connectivity index (χ4n) is 1.36. The zero-order chi connectivity index (χ0) is 13.3. The molecule has 0 saturated carbocycles. The van der Waals surface area contributed by atoms with Gasteiger partial charge in [-0.2, -0.15) is 13.2 Å². The van der Waals surface area contributed by atoms with E-state index in [-0.39, 0.29) is 25.4 Å². The van der Waals surface area contributed by atoms with E-state index < -0.39 is 17.3 Å². The lowest BCUT2D eigenvalue weighted by molar-refractivity contribution is -0.145. The molecular weight excluding hydrogens is 237 g/mol. The van der Waals surface area contributed by atoms with Crippen LogP contribution in [0.15, 0.2) is 0 Å². The van der Waals surface area contributed by atoms with E-state index in [1.165, 1.54) is 0 Å². The molecule has 0 amide bonds. The number of aromatic nitrogens is 3. The average molecular weight is 252 g/mol. The lowest BCUT2D eigenvalue weighted by Gasteiger charge is -2.22. The maximum atomic E-state index is 12.8. The van der Waals surface area contributed by atoms with Crippen molar-refractivity contribution in [3.8, 4) is 0 Å². The van der Waals surface area contributed by atoms with Crippen molar-refractivity contribution in [3.05, 3.63) is 11.4 Å². The van der Waals surface area contributed by atoms with E-state index in [4.69, 9.17) is 10.8 Å². The summed E-state index contributed by atoms with van der Waals surface area (Å²) in [6.45, 7) is 2.62. The minimum absolute atomic E-state index is 0.0780. The number of hydrogen-bond acceptors (Lipinski definition) is 4. The van der Waals surface area contributed by atoms with Crippen LogP contribution in [0.25, 0.3) is 0 Å². The van der Waals surface area contributed by atoms with Gasteiger partial charge in [0.2, 0.25) is 0 Å². The van der Waals surface area contributed by atoms with E-state index in [0.717, 1.165) is 4.68 Å².